The molecule has 1 heterocycles. The van der Waals surface area contributed by atoms with Crippen LogP contribution >= 0.6 is 15.9 Å². The molecule has 0 fully saturated rings. The highest BCUT2D eigenvalue weighted by Gasteiger charge is 2.19. The molecule has 1 aromatic heterocycles. The summed E-state index contributed by atoms with van der Waals surface area (Å²) in [5.74, 6) is -0.343. The maximum atomic E-state index is 12.4. The van der Waals surface area contributed by atoms with Crippen molar-refractivity contribution in [3.8, 4) is 5.75 Å². The van der Waals surface area contributed by atoms with E-state index in [9.17, 15) is 9.59 Å². The molecule has 0 aliphatic rings. The number of nitrogens with two attached hydrogens (primary N) is 1. The van der Waals surface area contributed by atoms with E-state index in [0.29, 0.717) is 23.7 Å². The lowest BCUT2D eigenvalue weighted by molar-refractivity contribution is -0.116. The Balaban J connectivity index is 1.67. The molecule has 0 bridgehead atoms. The summed E-state index contributed by atoms with van der Waals surface area (Å²) in [5, 5.41) is 13.0. The molecule has 0 saturated heterocycles. The van der Waals surface area contributed by atoms with Gasteiger partial charge in [0.2, 0.25) is 5.91 Å². The molecule has 3 rings (SSSR count). The van der Waals surface area contributed by atoms with E-state index < -0.39 is 5.91 Å². The van der Waals surface area contributed by atoms with Crippen LogP contribution in [-0.4, -0.2) is 33.4 Å². The van der Waals surface area contributed by atoms with E-state index in [0.717, 1.165) is 9.15 Å². The van der Waals surface area contributed by atoms with Gasteiger partial charge in [0, 0.05) is 10.2 Å². The number of anilines is 3. The van der Waals surface area contributed by atoms with Crippen LogP contribution in [0.5, 0.6) is 5.75 Å². The van der Waals surface area contributed by atoms with Crippen LogP contribution in [0.15, 0.2) is 53.0 Å². The fourth-order valence-electron chi connectivity index (χ4n) is 2.50. The third-order valence-electron chi connectivity index (χ3n) is 3.84. The van der Waals surface area contributed by atoms with E-state index in [4.69, 9.17) is 10.5 Å². The van der Waals surface area contributed by atoms with Crippen LogP contribution in [0.3, 0.4) is 0 Å². The Bertz CT molecular complexity index is 1020. The summed E-state index contributed by atoms with van der Waals surface area (Å²) in [6.45, 7) is 2.13. The third kappa shape index (κ3) is 5.11. The molecule has 0 saturated carbocycles. The molecule has 10 heteroatoms. The summed E-state index contributed by atoms with van der Waals surface area (Å²) in [6.07, 6.45) is 0. The van der Waals surface area contributed by atoms with Gasteiger partial charge in [-0.3, -0.25) is 9.59 Å². The number of nitrogens with one attached hydrogen (secondary N) is 2. The maximum Gasteiger partial charge on any atom is 0.280 e. The lowest BCUT2D eigenvalue weighted by Crippen LogP contribution is -2.21. The summed E-state index contributed by atoms with van der Waals surface area (Å²) < 4.78 is 7.53. The molecule has 0 atom stereocenters. The number of aromatic nitrogens is 3. The predicted molar refractivity (Wildman–Crippen MR) is 113 cm³/mol. The van der Waals surface area contributed by atoms with Crippen molar-refractivity contribution in [3.05, 3.63) is 58.7 Å². The summed E-state index contributed by atoms with van der Waals surface area (Å²) in [5.41, 5.74) is 7.02. The minimum atomic E-state index is -0.516. The predicted octanol–water partition coefficient (Wildman–Crippen LogP) is 2.91. The molecule has 2 amide bonds. The number of amides is 2. The van der Waals surface area contributed by atoms with Crippen LogP contribution < -0.4 is 21.1 Å². The number of ether oxygens (including phenoxy) is 1. The van der Waals surface area contributed by atoms with Gasteiger partial charge in [-0.1, -0.05) is 33.3 Å². The molecule has 29 heavy (non-hydrogen) atoms. The van der Waals surface area contributed by atoms with Gasteiger partial charge in [0.25, 0.3) is 5.91 Å². The Morgan fingerprint density at radius 1 is 1.14 bits per heavy atom. The smallest absolute Gasteiger partial charge is 0.280 e. The minimum Gasteiger partial charge on any atom is -0.492 e. The van der Waals surface area contributed by atoms with Gasteiger partial charge in [0.05, 0.1) is 12.3 Å². The average molecular weight is 459 g/mol. The van der Waals surface area contributed by atoms with Crippen molar-refractivity contribution in [1.29, 1.82) is 0 Å². The Morgan fingerprint density at radius 2 is 1.86 bits per heavy atom. The van der Waals surface area contributed by atoms with Crippen molar-refractivity contribution >= 4 is 44.9 Å². The van der Waals surface area contributed by atoms with Crippen LogP contribution in [0.4, 0.5) is 17.2 Å². The Labute approximate surface area is 175 Å². The molecule has 0 unspecified atom stereocenters. The van der Waals surface area contributed by atoms with Gasteiger partial charge in [-0.25, -0.2) is 4.68 Å². The Kier molecular flexibility index (Phi) is 6.45. The van der Waals surface area contributed by atoms with Gasteiger partial charge in [-0.05, 0) is 43.3 Å². The quantitative estimate of drug-likeness (QED) is 0.499. The Hall–Kier alpha value is -3.40. The molecular weight excluding hydrogens is 440 g/mol. The summed E-state index contributed by atoms with van der Waals surface area (Å²) >= 11 is 3.33. The summed E-state index contributed by atoms with van der Waals surface area (Å²) in [4.78, 5) is 24.8. The van der Waals surface area contributed by atoms with Crippen molar-refractivity contribution in [2.75, 3.05) is 23.0 Å². The second-order valence-electron chi connectivity index (χ2n) is 5.92. The SMILES string of the molecule is CCOc1ccccc1NC(=O)Cn1nnc(C(=O)Nc2ccc(Br)cc2)c1N. The van der Waals surface area contributed by atoms with E-state index in [1.807, 2.05) is 13.0 Å². The molecule has 0 radical (unpaired) electrons. The number of carbonyl (C=O) groups is 2. The number of halogens is 1. The second kappa shape index (κ2) is 9.20. The number of benzene rings is 2. The normalized spacial score (nSPS) is 10.4. The first-order chi connectivity index (χ1) is 14.0. The number of nitrogen functional groups attached to an aromatic ring is 1. The van der Waals surface area contributed by atoms with Crippen molar-refractivity contribution in [1.82, 2.24) is 15.0 Å². The molecule has 4 N–H and O–H groups in total. The zero-order valence-corrected chi connectivity index (χ0v) is 17.1. The monoisotopic (exact) mass is 458 g/mol. The molecule has 0 aliphatic carbocycles. The van der Waals surface area contributed by atoms with Crippen molar-refractivity contribution in [2.24, 2.45) is 0 Å². The van der Waals surface area contributed by atoms with E-state index in [2.05, 4.69) is 36.9 Å². The molecule has 0 spiro atoms. The van der Waals surface area contributed by atoms with Crippen LogP contribution in [0.2, 0.25) is 0 Å². The van der Waals surface area contributed by atoms with Crippen molar-refractivity contribution in [3.63, 3.8) is 0 Å². The summed E-state index contributed by atoms with van der Waals surface area (Å²) in [6, 6.07) is 14.1. The van der Waals surface area contributed by atoms with Crippen molar-refractivity contribution in [2.45, 2.75) is 13.5 Å². The number of hydrogen-bond acceptors (Lipinski definition) is 6. The van der Waals surface area contributed by atoms with Gasteiger partial charge in [-0.2, -0.15) is 0 Å². The van der Waals surface area contributed by atoms with Gasteiger partial charge in [-0.15, -0.1) is 5.10 Å². The fraction of sp³-hybridized carbons (Fsp3) is 0.158. The van der Waals surface area contributed by atoms with E-state index in [1.165, 1.54) is 0 Å². The van der Waals surface area contributed by atoms with E-state index in [1.54, 1.807) is 42.5 Å². The number of nitrogens with zero attached hydrogens (tertiary/aromatic N) is 3. The minimum absolute atomic E-state index is 0.00662. The van der Waals surface area contributed by atoms with Crippen LogP contribution in [0.25, 0.3) is 0 Å². The number of para-hydroxylation sites is 2. The first kappa shape index (κ1) is 20.3. The topological polar surface area (TPSA) is 124 Å². The zero-order chi connectivity index (χ0) is 20.8. The average Bonchev–Trinajstić information content (AvgIpc) is 3.06. The first-order valence-corrected chi connectivity index (χ1v) is 9.54. The largest absolute Gasteiger partial charge is 0.492 e. The third-order valence-corrected chi connectivity index (χ3v) is 4.37. The fourth-order valence-corrected chi connectivity index (χ4v) is 2.76. The van der Waals surface area contributed by atoms with E-state index >= 15 is 0 Å². The van der Waals surface area contributed by atoms with E-state index in [-0.39, 0.29) is 24.0 Å². The highest BCUT2D eigenvalue weighted by molar-refractivity contribution is 9.10. The highest BCUT2D eigenvalue weighted by atomic mass is 79.9. The van der Waals surface area contributed by atoms with Gasteiger partial charge in [0.15, 0.2) is 11.5 Å². The molecule has 3 aromatic rings. The molecule has 0 aliphatic heterocycles. The molecular formula is C19H19BrN6O3. The standard InChI is InChI=1S/C19H19BrN6O3/c1-2-29-15-6-4-3-5-14(15)23-16(27)11-26-18(21)17(24-25-26)19(28)22-13-9-7-12(20)8-10-13/h3-10H,2,11,21H2,1H3,(H,22,28)(H,23,27). The highest BCUT2D eigenvalue weighted by Crippen LogP contribution is 2.23. The zero-order valence-electron chi connectivity index (χ0n) is 15.6. The maximum absolute atomic E-state index is 12.4. The lowest BCUT2D eigenvalue weighted by Gasteiger charge is -2.11. The van der Waals surface area contributed by atoms with Gasteiger partial charge >= 0.3 is 0 Å². The molecule has 2 aromatic carbocycles. The van der Waals surface area contributed by atoms with Crippen LogP contribution in [0.1, 0.15) is 17.4 Å². The molecule has 9 nitrogen and oxygen atoms in total. The second-order valence-corrected chi connectivity index (χ2v) is 6.83. The van der Waals surface area contributed by atoms with Gasteiger partial charge < -0.3 is 21.1 Å². The number of rotatable bonds is 7. The summed E-state index contributed by atoms with van der Waals surface area (Å²) in [7, 11) is 0. The van der Waals surface area contributed by atoms with Crippen LogP contribution in [0, 0.1) is 0 Å². The number of carbonyl (C=O) groups excluding carboxylic acids is 2. The first-order valence-electron chi connectivity index (χ1n) is 8.75. The van der Waals surface area contributed by atoms with Crippen molar-refractivity contribution < 1.29 is 14.3 Å². The van der Waals surface area contributed by atoms with Crippen LogP contribution in [-0.2, 0) is 11.3 Å². The Morgan fingerprint density at radius 3 is 2.59 bits per heavy atom. The number of hydrogen-bond donors (Lipinski definition) is 3. The lowest BCUT2D eigenvalue weighted by atomic mass is 10.3. The van der Waals surface area contributed by atoms with Gasteiger partial charge in [0.1, 0.15) is 12.3 Å². The molecule has 150 valence electrons.